The van der Waals surface area contributed by atoms with Crippen LogP contribution in [0.25, 0.3) is 0 Å². The first-order valence-electron chi connectivity index (χ1n) is 7.19. The summed E-state index contributed by atoms with van der Waals surface area (Å²) in [6.45, 7) is 9.06. The van der Waals surface area contributed by atoms with E-state index in [0.717, 1.165) is 18.3 Å². The first kappa shape index (κ1) is 13.4. The zero-order valence-electron chi connectivity index (χ0n) is 11.7. The second kappa shape index (κ2) is 5.31. The summed E-state index contributed by atoms with van der Waals surface area (Å²) in [5.74, 6) is 7.62. The average molecular weight is 244 g/mol. The van der Waals surface area contributed by atoms with Gasteiger partial charge in [-0.1, -0.05) is 31.9 Å². The quantitative estimate of drug-likeness (QED) is 0.408. The van der Waals surface area contributed by atoms with Crippen molar-refractivity contribution in [3.05, 3.63) is 12.2 Å². The van der Waals surface area contributed by atoms with E-state index < -0.39 is 0 Å². The monoisotopic (exact) mass is 244 g/mol. The summed E-state index contributed by atoms with van der Waals surface area (Å²) >= 11 is 0. The van der Waals surface area contributed by atoms with Gasteiger partial charge in [0.15, 0.2) is 6.29 Å². The minimum atomic E-state index is 0.442. The van der Waals surface area contributed by atoms with Gasteiger partial charge < -0.3 is 0 Å². The summed E-state index contributed by atoms with van der Waals surface area (Å²) in [7, 11) is 0. The van der Waals surface area contributed by atoms with E-state index in [4.69, 9.17) is 0 Å². The lowest BCUT2D eigenvalue weighted by Gasteiger charge is -2.43. The molecule has 0 aromatic carbocycles. The molecule has 1 nitrogen and oxygen atoms in total. The van der Waals surface area contributed by atoms with Crippen LogP contribution in [-0.4, -0.2) is 6.29 Å². The van der Waals surface area contributed by atoms with Crippen molar-refractivity contribution in [1.29, 1.82) is 0 Å². The maximum Gasteiger partial charge on any atom is 0.192 e. The highest BCUT2D eigenvalue weighted by Gasteiger charge is 2.50. The molecule has 0 N–H and O–H groups in total. The predicted molar refractivity (Wildman–Crippen MR) is 74.9 cm³/mol. The van der Waals surface area contributed by atoms with Gasteiger partial charge >= 0.3 is 0 Å². The Morgan fingerprint density at radius 1 is 1.56 bits per heavy atom. The Morgan fingerprint density at radius 2 is 2.33 bits per heavy atom. The Bertz CT molecular complexity index is 398. The summed E-state index contributed by atoms with van der Waals surface area (Å²) in [5.41, 5.74) is 1.93. The molecular weight excluding hydrogens is 220 g/mol. The smallest absolute Gasteiger partial charge is 0.192 e. The van der Waals surface area contributed by atoms with Crippen molar-refractivity contribution < 1.29 is 4.79 Å². The molecule has 2 saturated carbocycles. The molecular formula is C17H24O. The van der Waals surface area contributed by atoms with Gasteiger partial charge in [0.2, 0.25) is 0 Å². The summed E-state index contributed by atoms with van der Waals surface area (Å²) < 4.78 is 0. The van der Waals surface area contributed by atoms with Gasteiger partial charge in [0, 0.05) is 6.42 Å². The topological polar surface area (TPSA) is 17.1 Å². The van der Waals surface area contributed by atoms with Crippen molar-refractivity contribution in [2.24, 2.45) is 23.2 Å². The first-order chi connectivity index (χ1) is 8.59. The Morgan fingerprint density at radius 3 is 3.06 bits per heavy atom. The van der Waals surface area contributed by atoms with Crippen LogP contribution in [0.1, 0.15) is 52.4 Å². The van der Waals surface area contributed by atoms with Gasteiger partial charge in [-0.15, -0.1) is 0 Å². The third-order valence-electron chi connectivity index (χ3n) is 5.39. The molecule has 1 heteroatoms. The van der Waals surface area contributed by atoms with Gasteiger partial charge in [-0.25, -0.2) is 0 Å². The second-order valence-corrected chi connectivity index (χ2v) is 6.37. The van der Waals surface area contributed by atoms with E-state index in [1.54, 1.807) is 0 Å². The SMILES string of the molecule is C=C1CCC[C@]2(C)[C@@H]([C@H](C)CC#CC=O)CC[C@@H]12. The minimum absolute atomic E-state index is 0.442. The third kappa shape index (κ3) is 2.26. The van der Waals surface area contributed by atoms with Crippen LogP contribution >= 0.6 is 0 Å². The van der Waals surface area contributed by atoms with Gasteiger partial charge in [0.25, 0.3) is 0 Å². The molecule has 0 aliphatic heterocycles. The Hall–Kier alpha value is -1.03. The summed E-state index contributed by atoms with van der Waals surface area (Å²) in [5, 5.41) is 0. The lowest BCUT2D eigenvalue weighted by molar-refractivity contribution is -0.103. The molecule has 0 spiro atoms. The first-order valence-corrected chi connectivity index (χ1v) is 7.19. The van der Waals surface area contributed by atoms with Gasteiger partial charge in [-0.05, 0) is 61.2 Å². The molecule has 2 rings (SSSR count). The normalized spacial score (nSPS) is 36.4. The number of carbonyl (C=O) groups excluding carboxylic acids is 1. The number of aldehydes is 1. The summed E-state index contributed by atoms with van der Waals surface area (Å²) in [6.07, 6.45) is 8.05. The molecule has 2 fully saturated rings. The van der Waals surface area contributed by atoms with E-state index in [1.807, 2.05) is 0 Å². The Labute approximate surface area is 111 Å². The molecule has 0 amide bonds. The maximum absolute atomic E-state index is 10.3. The van der Waals surface area contributed by atoms with Crippen LogP contribution in [0.3, 0.4) is 0 Å². The van der Waals surface area contributed by atoms with E-state index in [9.17, 15) is 4.79 Å². The van der Waals surface area contributed by atoms with Gasteiger partial charge in [0.05, 0.1) is 0 Å². The molecule has 0 radical (unpaired) electrons. The van der Waals surface area contributed by atoms with Crippen LogP contribution in [0, 0.1) is 35.0 Å². The van der Waals surface area contributed by atoms with Crippen molar-refractivity contribution >= 4 is 6.29 Å². The number of allylic oxidation sites excluding steroid dienone is 1. The van der Waals surface area contributed by atoms with Crippen molar-refractivity contribution in [2.75, 3.05) is 0 Å². The lowest BCUT2D eigenvalue weighted by atomic mass is 9.61. The molecule has 98 valence electrons. The predicted octanol–water partition coefficient (Wildman–Crippen LogP) is 3.99. The van der Waals surface area contributed by atoms with Crippen molar-refractivity contribution in [2.45, 2.75) is 52.4 Å². The average Bonchev–Trinajstić information content (AvgIpc) is 2.68. The molecule has 0 heterocycles. The molecule has 0 saturated heterocycles. The van der Waals surface area contributed by atoms with Crippen molar-refractivity contribution in [1.82, 2.24) is 0 Å². The highest BCUT2D eigenvalue weighted by atomic mass is 16.1. The van der Waals surface area contributed by atoms with E-state index in [-0.39, 0.29) is 0 Å². The number of hydrogen-bond donors (Lipinski definition) is 0. The number of carbonyl (C=O) groups is 1. The highest BCUT2D eigenvalue weighted by Crippen LogP contribution is 2.59. The lowest BCUT2D eigenvalue weighted by Crippen LogP contribution is -2.35. The molecule has 0 aromatic heterocycles. The van der Waals surface area contributed by atoms with Crippen LogP contribution in [0.5, 0.6) is 0 Å². The zero-order chi connectivity index (χ0) is 13.2. The highest BCUT2D eigenvalue weighted by molar-refractivity contribution is 5.72. The number of rotatable bonds is 2. The fraction of sp³-hybridized carbons (Fsp3) is 0.706. The maximum atomic E-state index is 10.3. The molecule has 2 aliphatic rings. The minimum Gasteiger partial charge on any atom is -0.289 e. The molecule has 0 unspecified atom stereocenters. The van der Waals surface area contributed by atoms with E-state index >= 15 is 0 Å². The summed E-state index contributed by atoms with van der Waals surface area (Å²) in [6, 6.07) is 0. The van der Waals surface area contributed by atoms with Crippen LogP contribution in [0.4, 0.5) is 0 Å². The zero-order valence-corrected chi connectivity index (χ0v) is 11.7. The van der Waals surface area contributed by atoms with E-state index in [2.05, 4.69) is 32.3 Å². The van der Waals surface area contributed by atoms with Gasteiger partial charge in [0.1, 0.15) is 0 Å². The van der Waals surface area contributed by atoms with Crippen LogP contribution in [0.15, 0.2) is 12.2 Å². The third-order valence-corrected chi connectivity index (χ3v) is 5.39. The van der Waals surface area contributed by atoms with E-state index in [0.29, 0.717) is 17.6 Å². The van der Waals surface area contributed by atoms with Crippen molar-refractivity contribution in [3.63, 3.8) is 0 Å². The Balaban J connectivity index is 2.10. The fourth-order valence-corrected chi connectivity index (χ4v) is 4.50. The van der Waals surface area contributed by atoms with Gasteiger partial charge in [-0.3, -0.25) is 4.79 Å². The summed E-state index contributed by atoms with van der Waals surface area (Å²) in [4.78, 5) is 10.3. The molecule has 18 heavy (non-hydrogen) atoms. The largest absolute Gasteiger partial charge is 0.289 e. The molecule has 4 atom stereocenters. The van der Waals surface area contributed by atoms with Gasteiger partial charge in [-0.2, -0.15) is 0 Å². The van der Waals surface area contributed by atoms with Crippen LogP contribution < -0.4 is 0 Å². The molecule has 0 bridgehead atoms. The fourth-order valence-electron chi connectivity index (χ4n) is 4.50. The Kier molecular flexibility index (Phi) is 3.95. The number of hydrogen-bond acceptors (Lipinski definition) is 1. The molecule has 2 aliphatic carbocycles. The van der Waals surface area contributed by atoms with Crippen molar-refractivity contribution in [3.8, 4) is 11.8 Å². The molecule has 0 aromatic rings. The van der Waals surface area contributed by atoms with Crippen LogP contribution in [0.2, 0.25) is 0 Å². The second-order valence-electron chi connectivity index (χ2n) is 6.37. The van der Waals surface area contributed by atoms with Crippen LogP contribution in [-0.2, 0) is 4.79 Å². The van der Waals surface area contributed by atoms with E-state index in [1.165, 1.54) is 37.7 Å². The number of fused-ring (bicyclic) bond motifs is 1. The standard InChI is InChI=1S/C17H24O/c1-13(7-4-5-12-18)15-9-10-16-14(2)8-6-11-17(15,16)3/h12-13,15-16H,2,6-11H2,1,3H3/t13-,15-,16+,17-/m1/s1.